The summed E-state index contributed by atoms with van der Waals surface area (Å²) in [4.78, 5) is 41.4. The molecule has 1 fully saturated rings. The summed E-state index contributed by atoms with van der Waals surface area (Å²) in [7, 11) is 1.92. The fourth-order valence-electron chi connectivity index (χ4n) is 3.35. The number of amides is 2. The van der Waals surface area contributed by atoms with Crippen LogP contribution in [0.1, 0.15) is 27.3 Å². The van der Waals surface area contributed by atoms with Gasteiger partial charge in [-0.25, -0.2) is 9.97 Å². The quantitative estimate of drug-likeness (QED) is 0.685. The van der Waals surface area contributed by atoms with Gasteiger partial charge in [0.2, 0.25) is 0 Å². The molecule has 3 aromatic rings. The van der Waals surface area contributed by atoms with Crippen LogP contribution in [0.2, 0.25) is 0 Å². The van der Waals surface area contributed by atoms with E-state index in [0.717, 1.165) is 17.5 Å². The summed E-state index contributed by atoms with van der Waals surface area (Å²) in [6.07, 6.45) is 6.98. The number of carbonyl (C=O) groups excluding carboxylic acids is 2. The van der Waals surface area contributed by atoms with Crippen molar-refractivity contribution in [2.75, 3.05) is 26.2 Å². The van der Waals surface area contributed by atoms with Crippen LogP contribution in [0.4, 0.5) is 0 Å². The summed E-state index contributed by atoms with van der Waals surface area (Å²) < 4.78 is 1.92. The molecule has 0 spiro atoms. The van der Waals surface area contributed by atoms with Crippen molar-refractivity contribution in [3.63, 3.8) is 0 Å². The van der Waals surface area contributed by atoms with E-state index in [2.05, 4.69) is 15.0 Å². The number of hydrogen-bond acceptors (Lipinski definition) is 5. The lowest BCUT2D eigenvalue weighted by molar-refractivity contribution is 0.0715. The van der Waals surface area contributed by atoms with Gasteiger partial charge in [0.1, 0.15) is 5.69 Å². The van der Waals surface area contributed by atoms with Crippen molar-refractivity contribution in [3.8, 4) is 0 Å². The lowest BCUT2D eigenvalue weighted by atomic mass is 10.1. The lowest BCUT2D eigenvalue weighted by Gasteiger charge is -2.22. The third-order valence-corrected chi connectivity index (χ3v) is 4.82. The van der Waals surface area contributed by atoms with E-state index in [9.17, 15) is 9.59 Å². The molecule has 1 aromatic carbocycles. The Labute approximate surface area is 156 Å². The molecule has 4 rings (SSSR count). The Morgan fingerprint density at radius 3 is 2.48 bits per heavy atom. The molecule has 1 aliphatic heterocycles. The van der Waals surface area contributed by atoms with E-state index in [4.69, 9.17) is 0 Å². The smallest absolute Gasteiger partial charge is 0.274 e. The standard InChI is InChI=1S/C19H20N6O2/c1-23-13-22-15-11-14(3-4-17(15)23)18(26)24-7-2-8-25(10-9-24)19(27)16-12-20-5-6-21-16/h3-6,11-13H,2,7-10H2,1H3. The second kappa shape index (κ2) is 7.14. The van der Waals surface area contributed by atoms with Crippen LogP contribution in [0.25, 0.3) is 11.0 Å². The Bertz CT molecular complexity index is 984. The van der Waals surface area contributed by atoms with Gasteiger partial charge in [-0.1, -0.05) is 0 Å². The van der Waals surface area contributed by atoms with E-state index in [1.54, 1.807) is 16.1 Å². The van der Waals surface area contributed by atoms with Crippen LogP contribution in [0.3, 0.4) is 0 Å². The average Bonchev–Trinajstić information content (AvgIpc) is 2.92. The Hall–Kier alpha value is -3.29. The highest BCUT2D eigenvalue weighted by molar-refractivity contribution is 5.97. The zero-order valence-corrected chi connectivity index (χ0v) is 15.1. The second-order valence-corrected chi connectivity index (χ2v) is 6.59. The van der Waals surface area contributed by atoms with Crippen molar-refractivity contribution in [1.82, 2.24) is 29.3 Å². The summed E-state index contributed by atoms with van der Waals surface area (Å²) in [6, 6.07) is 5.57. The molecule has 0 N–H and O–H groups in total. The van der Waals surface area contributed by atoms with Crippen LogP contribution >= 0.6 is 0 Å². The first-order valence-corrected chi connectivity index (χ1v) is 8.89. The van der Waals surface area contributed by atoms with Crippen molar-refractivity contribution >= 4 is 22.8 Å². The van der Waals surface area contributed by atoms with E-state index < -0.39 is 0 Å². The normalized spacial score (nSPS) is 15.0. The Morgan fingerprint density at radius 1 is 0.963 bits per heavy atom. The van der Waals surface area contributed by atoms with Gasteiger partial charge in [0.05, 0.1) is 23.6 Å². The molecule has 0 aliphatic carbocycles. The highest BCUT2D eigenvalue weighted by Crippen LogP contribution is 2.17. The molecule has 1 saturated heterocycles. The minimum atomic E-state index is -0.146. The van der Waals surface area contributed by atoms with Gasteiger partial charge in [-0.15, -0.1) is 0 Å². The molecular formula is C19H20N6O2. The summed E-state index contributed by atoms with van der Waals surface area (Å²) in [5, 5.41) is 0. The molecular weight excluding hydrogens is 344 g/mol. The molecule has 8 heteroatoms. The average molecular weight is 364 g/mol. The number of fused-ring (bicyclic) bond motifs is 1. The third-order valence-electron chi connectivity index (χ3n) is 4.82. The highest BCUT2D eigenvalue weighted by Gasteiger charge is 2.24. The van der Waals surface area contributed by atoms with E-state index in [1.807, 2.05) is 29.8 Å². The molecule has 8 nitrogen and oxygen atoms in total. The topological polar surface area (TPSA) is 84.2 Å². The monoisotopic (exact) mass is 364 g/mol. The predicted molar refractivity (Wildman–Crippen MR) is 99.2 cm³/mol. The molecule has 0 atom stereocenters. The van der Waals surface area contributed by atoms with Crippen LogP contribution in [-0.2, 0) is 7.05 Å². The molecule has 27 heavy (non-hydrogen) atoms. The molecule has 2 aromatic heterocycles. The van der Waals surface area contributed by atoms with Gasteiger partial charge in [-0.05, 0) is 24.6 Å². The van der Waals surface area contributed by atoms with Crippen LogP contribution in [0.15, 0.2) is 43.1 Å². The summed E-state index contributed by atoms with van der Waals surface area (Å²) >= 11 is 0. The van der Waals surface area contributed by atoms with Gasteiger partial charge in [-0.3, -0.25) is 14.6 Å². The number of aryl methyl sites for hydroxylation is 1. The van der Waals surface area contributed by atoms with Crippen molar-refractivity contribution in [2.45, 2.75) is 6.42 Å². The molecule has 2 amide bonds. The number of benzene rings is 1. The summed E-state index contributed by atoms with van der Waals surface area (Å²) in [5.74, 6) is -0.177. The van der Waals surface area contributed by atoms with Gasteiger partial charge in [0.25, 0.3) is 11.8 Å². The zero-order chi connectivity index (χ0) is 18.8. The van der Waals surface area contributed by atoms with E-state index in [1.165, 1.54) is 18.6 Å². The van der Waals surface area contributed by atoms with Crippen molar-refractivity contribution in [1.29, 1.82) is 0 Å². The second-order valence-electron chi connectivity index (χ2n) is 6.59. The van der Waals surface area contributed by atoms with E-state index in [0.29, 0.717) is 37.4 Å². The number of nitrogens with zero attached hydrogens (tertiary/aromatic N) is 6. The van der Waals surface area contributed by atoms with Crippen molar-refractivity contribution in [3.05, 3.63) is 54.4 Å². The van der Waals surface area contributed by atoms with Crippen LogP contribution in [0, 0.1) is 0 Å². The first kappa shape index (κ1) is 17.1. The minimum absolute atomic E-state index is 0.0312. The SMILES string of the molecule is Cn1cnc2cc(C(=O)N3CCCN(C(=O)c4cnccn4)CC3)ccc21. The van der Waals surface area contributed by atoms with Gasteiger partial charge >= 0.3 is 0 Å². The molecule has 1 aliphatic rings. The molecule has 138 valence electrons. The Morgan fingerprint density at radius 2 is 1.74 bits per heavy atom. The fraction of sp³-hybridized carbons (Fsp3) is 0.316. The van der Waals surface area contributed by atoms with Crippen molar-refractivity contribution < 1.29 is 9.59 Å². The number of aromatic nitrogens is 4. The maximum absolute atomic E-state index is 12.9. The van der Waals surface area contributed by atoms with Gasteiger partial charge in [0, 0.05) is 51.2 Å². The molecule has 0 saturated carbocycles. The van der Waals surface area contributed by atoms with Gasteiger partial charge in [0.15, 0.2) is 0 Å². The largest absolute Gasteiger partial charge is 0.337 e. The number of rotatable bonds is 2. The lowest BCUT2D eigenvalue weighted by Crippen LogP contribution is -2.37. The summed E-state index contributed by atoms with van der Waals surface area (Å²) in [6.45, 7) is 2.18. The van der Waals surface area contributed by atoms with E-state index >= 15 is 0 Å². The van der Waals surface area contributed by atoms with Crippen LogP contribution in [-0.4, -0.2) is 67.3 Å². The fourth-order valence-corrected chi connectivity index (χ4v) is 3.35. The third kappa shape index (κ3) is 3.38. The highest BCUT2D eigenvalue weighted by atomic mass is 16.2. The Kier molecular flexibility index (Phi) is 4.53. The van der Waals surface area contributed by atoms with Gasteiger partial charge < -0.3 is 14.4 Å². The zero-order valence-electron chi connectivity index (χ0n) is 15.1. The van der Waals surface area contributed by atoms with Crippen molar-refractivity contribution in [2.24, 2.45) is 7.05 Å². The first-order valence-electron chi connectivity index (χ1n) is 8.89. The van der Waals surface area contributed by atoms with E-state index in [-0.39, 0.29) is 11.8 Å². The maximum atomic E-state index is 12.9. The maximum Gasteiger partial charge on any atom is 0.274 e. The number of carbonyl (C=O) groups is 2. The number of hydrogen-bond donors (Lipinski definition) is 0. The van der Waals surface area contributed by atoms with Crippen LogP contribution in [0.5, 0.6) is 0 Å². The van der Waals surface area contributed by atoms with Gasteiger partial charge in [-0.2, -0.15) is 0 Å². The molecule has 0 unspecified atom stereocenters. The molecule has 0 bridgehead atoms. The molecule has 0 radical (unpaired) electrons. The molecule has 3 heterocycles. The minimum Gasteiger partial charge on any atom is -0.337 e. The first-order chi connectivity index (χ1) is 13.1. The summed E-state index contributed by atoms with van der Waals surface area (Å²) in [5.41, 5.74) is 2.74. The predicted octanol–water partition coefficient (Wildman–Crippen LogP) is 1.35. The Balaban J connectivity index is 1.47. The number of imidazole rings is 1. The van der Waals surface area contributed by atoms with Crippen LogP contribution < -0.4 is 0 Å².